The molecule has 5 heteroatoms. The minimum absolute atomic E-state index is 0.454. The van der Waals surface area contributed by atoms with Crippen LogP contribution < -0.4 is 10.5 Å². The Hall–Kier alpha value is -1.52. The van der Waals surface area contributed by atoms with Crippen molar-refractivity contribution in [2.24, 2.45) is 5.73 Å². The molecule has 0 bridgehead atoms. The standard InChI is InChI=1S/C13H16ClN3O/c1-9-12(14)7-16-17(9)8-10-3-4-13(18-2)11(5-10)6-15/h3-5,7H,6,8,15H2,1-2H3. The molecule has 0 unspecified atom stereocenters. The molecule has 0 radical (unpaired) electrons. The first-order valence-electron chi connectivity index (χ1n) is 5.69. The Kier molecular flexibility index (Phi) is 3.89. The van der Waals surface area contributed by atoms with Gasteiger partial charge in [0.15, 0.2) is 0 Å². The van der Waals surface area contributed by atoms with E-state index in [0.717, 1.165) is 22.6 Å². The lowest BCUT2D eigenvalue weighted by molar-refractivity contribution is 0.409. The Balaban J connectivity index is 2.27. The van der Waals surface area contributed by atoms with Gasteiger partial charge in [-0.25, -0.2) is 0 Å². The highest BCUT2D eigenvalue weighted by Gasteiger charge is 2.07. The first kappa shape index (κ1) is 12.9. The molecule has 18 heavy (non-hydrogen) atoms. The summed E-state index contributed by atoms with van der Waals surface area (Å²) >= 11 is 5.98. The fraction of sp³-hybridized carbons (Fsp3) is 0.308. The van der Waals surface area contributed by atoms with Gasteiger partial charge in [0.05, 0.1) is 30.6 Å². The maximum Gasteiger partial charge on any atom is 0.123 e. The second-order valence-electron chi connectivity index (χ2n) is 4.09. The zero-order valence-electron chi connectivity index (χ0n) is 10.5. The van der Waals surface area contributed by atoms with Crippen LogP contribution >= 0.6 is 11.6 Å². The maximum absolute atomic E-state index is 5.98. The summed E-state index contributed by atoms with van der Waals surface area (Å²) in [6, 6.07) is 5.97. The van der Waals surface area contributed by atoms with Gasteiger partial charge in [-0.1, -0.05) is 17.7 Å². The van der Waals surface area contributed by atoms with E-state index in [4.69, 9.17) is 22.1 Å². The number of hydrogen-bond acceptors (Lipinski definition) is 3. The van der Waals surface area contributed by atoms with Gasteiger partial charge in [-0.3, -0.25) is 4.68 Å². The van der Waals surface area contributed by atoms with Gasteiger partial charge < -0.3 is 10.5 Å². The predicted octanol–water partition coefficient (Wildman–Crippen LogP) is 2.36. The monoisotopic (exact) mass is 265 g/mol. The molecular formula is C13H16ClN3O. The molecule has 1 aromatic heterocycles. The van der Waals surface area contributed by atoms with E-state index < -0.39 is 0 Å². The molecule has 2 N–H and O–H groups in total. The fourth-order valence-electron chi connectivity index (χ4n) is 1.85. The molecule has 96 valence electrons. The van der Waals surface area contributed by atoms with E-state index in [0.29, 0.717) is 18.1 Å². The van der Waals surface area contributed by atoms with Crippen LogP contribution in [0.3, 0.4) is 0 Å². The molecule has 0 amide bonds. The van der Waals surface area contributed by atoms with Crippen molar-refractivity contribution in [3.8, 4) is 5.75 Å². The lowest BCUT2D eigenvalue weighted by atomic mass is 10.1. The van der Waals surface area contributed by atoms with Gasteiger partial charge >= 0.3 is 0 Å². The molecule has 0 fully saturated rings. The van der Waals surface area contributed by atoms with E-state index >= 15 is 0 Å². The number of nitrogens with zero attached hydrogens (tertiary/aromatic N) is 2. The zero-order chi connectivity index (χ0) is 13.1. The van der Waals surface area contributed by atoms with E-state index in [1.165, 1.54) is 0 Å². The van der Waals surface area contributed by atoms with Crippen LogP contribution in [0.2, 0.25) is 5.02 Å². The molecule has 0 aliphatic rings. The van der Waals surface area contributed by atoms with Gasteiger partial charge in [0.2, 0.25) is 0 Å². The van der Waals surface area contributed by atoms with Gasteiger partial charge in [0.1, 0.15) is 5.75 Å². The summed E-state index contributed by atoms with van der Waals surface area (Å²) in [5.41, 5.74) is 8.77. The molecule has 1 aromatic carbocycles. The fourth-order valence-corrected chi connectivity index (χ4v) is 1.99. The Morgan fingerprint density at radius 3 is 2.78 bits per heavy atom. The first-order chi connectivity index (χ1) is 8.65. The van der Waals surface area contributed by atoms with Gasteiger partial charge in [-0.05, 0) is 24.6 Å². The molecule has 0 aliphatic heterocycles. The average molecular weight is 266 g/mol. The number of methoxy groups -OCH3 is 1. The van der Waals surface area contributed by atoms with Crippen LogP contribution in [0.1, 0.15) is 16.8 Å². The van der Waals surface area contributed by atoms with Crippen molar-refractivity contribution in [2.45, 2.75) is 20.0 Å². The minimum Gasteiger partial charge on any atom is -0.496 e. The highest BCUT2D eigenvalue weighted by atomic mass is 35.5. The number of rotatable bonds is 4. The number of hydrogen-bond donors (Lipinski definition) is 1. The second-order valence-corrected chi connectivity index (χ2v) is 4.49. The maximum atomic E-state index is 5.98. The molecule has 4 nitrogen and oxygen atoms in total. The molecule has 2 aromatic rings. The van der Waals surface area contributed by atoms with E-state index in [9.17, 15) is 0 Å². The van der Waals surface area contributed by atoms with Gasteiger partial charge in [-0.15, -0.1) is 0 Å². The van der Waals surface area contributed by atoms with Gasteiger partial charge in [0, 0.05) is 12.1 Å². The van der Waals surface area contributed by atoms with E-state index in [2.05, 4.69) is 5.10 Å². The quantitative estimate of drug-likeness (QED) is 0.923. The lowest BCUT2D eigenvalue weighted by Crippen LogP contribution is -2.06. The highest BCUT2D eigenvalue weighted by molar-refractivity contribution is 6.31. The third-order valence-electron chi connectivity index (χ3n) is 2.94. The Bertz CT molecular complexity index is 551. The third kappa shape index (κ3) is 2.49. The van der Waals surface area contributed by atoms with Crippen molar-refractivity contribution in [1.29, 1.82) is 0 Å². The second kappa shape index (κ2) is 5.42. The Labute approximate surface area is 111 Å². The van der Waals surface area contributed by atoms with Crippen molar-refractivity contribution in [3.05, 3.63) is 46.2 Å². The summed E-state index contributed by atoms with van der Waals surface area (Å²) < 4.78 is 7.11. The minimum atomic E-state index is 0.454. The van der Waals surface area contributed by atoms with Crippen molar-refractivity contribution in [2.75, 3.05) is 7.11 Å². The van der Waals surface area contributed by atoms with Crippen LogP contribution in [-0.4, -0.2) is 16.9 Å². The molecule has 0 saturated heterocycles. The molecular weight excluding hydrogens is 250 g/mol. The van der Waals surface area contributed by atoms with E-state index in [-0.39, 0.29) is 0 Å². The van der Waals surface area contributed by atoms with Crippen molar-refractivity contribution in [1.82, 2.24) is 9.78 Å². The molecule has 0 spiro atoms. The van der Waals surface area contributed by atoms with Crippen molar-refractivity contribution < 1.29 is 4.74 Å². The van der Waals surface area contributed by atoms with E-state index in [1.807, 2.05) is 29.8 Å². The molecule has 2 rings (SSSR count). The summed E-state index contributed by atoms with van der Waals surface area (Å²) in [7, 11) is 1.64. The molecule has 1 heterocycles. The van der Waals surface area contributed by atoms with Crippen LogP contribution in [0.4, 0.5) is 0 Å². The van der Waals surface area contributed by atoms with Crippen LogP contribution in [0.15, 0.2) is 24.4 Å². The largest absolute Gasteiger partial charge is 0.496 e. The topological polar surface area (TPSA) is 53.1 Å². The zero-order valence-corrected chi connectivity index (χ0v) is 11.2. The number of benzene rings is 1. The van der Waals surface area contributed by atoms with Gasteiger partial charge in [-0.2, -0.15) is 5.10 Å². The molecule has 0 aliphatic carbocycles. The van der Waals surface area contributed by atoms with Crippen LogP contribution in [-0.2, 0) is 13.1 Å². The number of ether oxygens (including phenoxy) is 1. The third-order valence-corrected chi connectivity index (χ3v) is 3.31. The molecule has 0 saturated carbocycles. The first-order valence-corrected chi connectivity index (χ1v) is 6.07. The normalized spacial score (nSPS) is 10.7. The summed E-state index contributed by atoms with van der Waals surface area (Å²) in [5, 5.41) is 4.91. The van der Waals surface area contributed by atoms with Crippen LogP contribution in [0, 0.1) is 6.92 Å². The molecule has 0 atom stereocenters. The summed E-state index contributed by atoms with van der Waals surface area (Å²) in [6.07, 6.45) is 1.66. The Morgan fingerprint density at radius 2 is 2.22 bits per heavy atom. The van der Waals surface area contributed by atoms with Crippen molar-refractivity contribution >= 4 is 11.6 Å². The number of nitrogens with two attached hydrogens (primary N) is 1. The summed E-state index contributed by atoms with van der Waals surface area (Å²) in [6.45, 7) is 3.08. The predicted molar refractivity (Wildman–Crippen MR) is 72.0 cm³/mol. The van der Waals surface area contributed by atoms with Crippen molar-refractivity contribution in [3.63, 3.8) is 0 Å². The summed E-state index contributed by atoms with van der Waals surface area (Å²) in [4.78, 5) is 0. The van der Waals surface area contributed by atoms with Crippen LogP contribution in [0.5, 0.6) is 5.75 Å². The average Bonchev–Trinajstić information content (AvgIpc) is 2.70. The smallest absolute Gasteiger partial charge is 0.123 e. The summed E-state index contributed by atoms with van der Waals surface area (Å²) in [5.74, 6) is 0.816. The highest BCUT2D eigenvalue weighted by Crippen LogP contribution is 2.21. The number of aromatic nitrogens is 2. The lowest BCUT2D eigenvalue weighted by Gasteiger charge is -2.10. The van der Waals surface area contributed by atoms with Gasteiger partial charge in [0.25, 0.3) is 0 Å². The SMILES string of the molecule is COc1ccc(Cn2ncc(Cl)c2C)cc1CN. The van der Waals surface area contributed by atoms with Crippen LogP contribution in [0.25, 0.3) is 0 Å². The Morgan fingerprint density at radius 1 is 1.44 bits per heavy atom. The van der Waals surface area contributed by atoms with E-state index in [1.54, 1.807) is 13.3 Å². The number of halogens is 1.